The predicted octanol–water partition coefficient (Wildman–Crippen LogP) is 1.39. The van der Waals surface area contributed by atoms with Gasteiger partial charge in [0.15, 0.2) is 9.84 Å². The maximum Gasteiger partial charge on any atom is 0.150 e. The third-order valence-electron chi connectivity index (χ3n) is 6.58. The van der Waals surface area contributed by atoms with Gasteiger partial charge in [-0.05, 0) is 44.0 Å². The molecule has 0 unspecified atom stereocenters. The molecular weight excluding hydrogens is 454 g/mol. The SMILES string of the molecule is CNc1ncnc2c1ccn2[C@@H]1C[C@H](CS(=O)(=O)CCCNCCc2ccccc2)[C@@H](O)[C@H]1O. The average molecular weight is 488 g/mol. The number of nitrogens with one attached hydrogen (secondary N) is 2. The second kappa shape index (κ2) is 10.8. The van der Waals surface area contributed by atoms with Crippen LogP contribution in [0.2, 0.25) is 0 Å². The van der Waals surface area contributed by atoms with Crippen LogP contribution >= 0.6 is 0 Å². The van der Waals surface area contributed by atoms with E-state index in [2.05, 4.69) is 32.7 Å². The van der Waals surface area contributed by atoms with Crippen LogP contribution in [0.25, 0.3) is 11.0 Å². The van der Waals surface area contributed by atoms with Crippen LogP contribution in [0.4, 0.5) is 5.82 Å². The number of sulfone groups is 1. The molecule has 1 aliphatic carbocycles. The molecule has 0 amide bonds. The first-order chi connectivity index (χ1) is 16.4. The highest BCUT2D eigenvalue weighted by atomic mass is 32.2. The summed E-state index contributed by atoms with van der Waals surface area (Å²) in [6.07, 6.45) is 2.85. The zero-order valence-electron chi connectivity index (χ0n) is 19.3. The van der Waals surface area contributed by atoms with Crippen molar-refractivity contribution in [2.45, 2.75) is 37.5 Å². The number of nitrogens with zero attached hydrogens (tertiary/aromatic N) is 3. The normalized spacial score (nSPS) is 22.9. The van der Waals surface area contributed by atoms with Crippen molar-refractivity contribution in [2.75, 3.05) is 37.0 Å². The Balaban J connectivity index is 1.29. The lowest BCUT2D eigenvalue weighted by Crippen LogP contribution is -2.32. The van der Waals surface area contributed by atoms with Crippen molar-refractivity contribution in [3.05, 3.63) is 54.5 Å². The third-order valence-corrected chi connectivity index (χ3v) is 8.43. The van der Waals surface area contributed by atoms with Crippen LogP contribution in [0, 0.1) is 5.92 Å². The zero-order chi connectivity index (χ0) is 24.1. The molecule has 1 aliphatic rings. The molecule has 0 aliphatic heterocycles. The maximum atomic E-state index is 12.7. The molecule has 4 atom stereocenters. The largest absolute Gasteiger partial charge is 0.390 e. The number of fused-ring (bicyclic) bond motifs is 1. The van der Waals surface area contributed by atoms with Gasteiger partial charge in [-0.3, -0.25) is 0 Å². The molecule has 1 fully saturated rings. The molecule has 0 spiro atoms. The summed E-state index contributed by atoms with van der Waals surface area (Å²) in [4.78, 5) is 8.52. The first-order valence-corrected chi connectivity index (χ1v) is 13.5. The Morgan fingerprint density at radius 1 is 1.09 bits per heavy atom. The number of aliphatic hydroxyl groups excluding tert-OH is 2. The maximum absolute atomic E-state index is 12.7. The molecule has 3 aromatic rings. The molecule has 1 saturated carbocycles. The molecule has 0 saturated heterocycles. The number of benzene rings is 1. The van der Waals surface area contributed by atoms with E-state index in [-0.39, 0.29) is 11.5 Å². The van der Waals surface area contributed by atoms with Crippen LogP contribution < -0.4 is 10.6 Å². The lowest BCUT2D eigenvalue weighted by Gasteiger charge is -2.19. The average Bonchev–Trinajstić information content (AvgIpc) is 3.38. The Bertz CT molecular complexity index is 1180. The fourth-order valence-corrected chi connectivity index (χ4v) is 6.54. The molecule has 184 valence electrons. The van der Waals surface area contributed by atoms with Gasteiger partial charge in [0.25, 0.3) is 0 Å². The van der Waals surface area contributed by atoms with Crippen LogP contribution in [-0.4, -0.2) is 77.0 Å². The lowest BCUT2D eigenvalue weighted by atomic mass is 10.1. The van der Waals surface area contributed by atoms with Gasteiger partial charge in [-0.2, -0.15) is 0 Å². The van der Waals surface area contributed by atoms with E-state index < -0.39 is 34.0 Å². The molecule has 0 bridgehead atoms. The van der Waals surface area contributed by atoms with Gasteiger partial charge in [-0.1, -0.05) is 30.3 Å². The molecule has 4 N–H and O–H groups in total. The van der Waals surface area contributed by atoms with Crippen molar-refractivity contribution in [1.82, 2.24) is 19.9 Å². The minimum atomic E-state index is -3.36. The van der Waals surface area contributed by atoms with Crippen LogP contribution in [-0.2, 0) is 16.3 Å². The minimum absolute atomic E-state index is 0.0561. The van der Waals surface area contributed by atoms with Crippen LogP contribution in [0.3, 0.4) is 0 Å². The number of rotatable bonds is 11. The first kappa shape index (κ1) is 24.6. The van der Waals surface area contributed by atoms with Crippen LogP contribution in [0.15, 0.2) is 48.9 Å². The monoisotopic (exact) mass is 487 g/mol. The third kappa shape index (κ3) is 5.57. The summed E-state index contributed by atoms with van der Waals surface area (Å²) in [6, 6.07) is 11.5. The molecule has 4 rings (SSSR count). The second-order valence-corrected chi connectivity index (χ2v) is 11.2. The van der Waals surface area contributed by atoms with E-state index in [1.807, 2.05) is 28.8 Å². The summed E-state index contributed by atoms with van der Waals surface area (Å²) in [7, 11) is -1.59. The van der Waals surface area contributed by atoms with E-state index in [9.17, 15) is 18.6 Å². The van der Waals surface area contributed by atoms with Gasteiger partial charge in [0.1, 0.15) is 23.9 Å². The van der Waals surface area contributed by atoms with Gasteiger partial charge in [-0.15, -0.1) is 0 Å². The van der Waals surface area contributed by atoms with Gasteiger partial charge >= 0.3 is 0 Å². The lowest BCUT2D eigenvalue weighted by molar-refractivity contribution is 0.0102. The van der Waals surface area contributed by atoms with Gasteiger partial charge in [0.05, 0.1) is 29.0 Å². The molecular formula is C24H33N5O4S. The van der Waals surface area contributed by atoms with Gasteiger partial charge < -0.3 is 25.4 Å². The quantitative estimate of drug-likeness (QED) is 0.299. The Hall–Kier alpha value is -2.53. The van der Waals surface area contributed by atoms with E-state index in [1.54, 1.807) is 13.2 Å². The minimum Gasteiger partial charge on any atom is -0.390 e. The van der Waals surface area contributed by atoms with Crippen LogP contribution in [0.1, 0.15) is 24.4 Å². The molecule has 10 heteroatoms. The molecule has 2 heterocycles. The fraction of sp³-hybridized carbons (Fsp3) is 0.500. The molecule has 1 aromatic carbocycles. The van der Waals surface area contributed by atoms with Crippen LogP contribution in [0.5, 0.6) is 0 Å². The van der Waals surface area contributed by atoms with E-state index in [4.69, 9.17) is 0 Å². The summed E-state index contributed by atoms with van der Waals surface area (Å²) in [6.45, 7) is 1.41. The summed E-state index contributed by atoms with van der Waals surface area (Å²) in [5, 5.41) is 28.5. The first-order valence-electron chi connectivity index (χ1n) is 11.7. The molecule has 0 radical (unpaired) electrons. The van der Waals surface area contributed by atoms with Gasteiger partial charge in [0.2, 0.25) is 0 Å². The highest BCUT2D eigenvalue weighted by molar-refractivity contribution is 7.91. The number of anilines is 1. The Labute approximate surface area is 200 Å². The van der Waals surface area contributed by atoms with E-state index in [0.29, 0.717) is 30.9 Å². The van der Waals surface area contributed by atoms with Gasteiger partial charge in [-0.25, -0.2) is 18.4 Å². The Morgan fingerprint density at radius 2 is 1.88 bits per heavy atom. The summed E-state index contributed by atoms with van der Waals surface area (Å²) in [5.41, 5.74) is 1.88. The zero-order valence-corrected chi connectivity index (χ0v) is 20.2. The highest BCUT2D eigenvalue weighted by Crippen LogP contribution is 2.38. The smallest absolute Gasteiger partial charge is 0.150 e. The number of hydrogen-bond acceptors (Lipinski definition) is 8. The molecule has 34 heavy (non-hydrogen) atoms. The van der Waals surface area contributed by atoms with Crippen molar-refractivity contribution in [1.29, 1.82) is 0 Å². The topological polar surface area (TPSA) is 129 Å². The Morgan fingerprint density at radius 3 is 2.65 bits per heavy atom. The summed E-state index contributed by atoms with van der Waals surface area (Å²) < 4.78 is 27.3. The van der Waals surface area contributed by atoms with E-state index >= 15 is 0 Å². The summed E-state index contributed by atoms with van der Waals surface area (Å²) in [5.74, 6) is 0.0646. The Kier molecular flexibility index (Phi) is 7.82. The van der Waals surface area contributed by atoms with Gasteiger partial charge in [0, 0.05) is 19.2 Å². The van der Waals surface area contributed by atoms with Crippen molar-refractivity contribution < 1.29 is 18.6 Å². The standard InChI is InChI=1S/C24H33N5O4S/c1-25-23-19-9-12-29(24(19)28-16-27-23)20-14-18(21(30)22(20)31)15-34(32,33)13-5-10-26-11-8-17-6-3-2-4-7-17/h2-4,6-7,9,12,16,18,20-22,26,30-31H,5,8,10-11,13-15H2,1H3,(H,25,27,28)/t18-,20-,21-,22+/m1/s1. The fourth-order valence-electron chi connectivity index (χ4n) is 4.81. The van der Waals surface area contributed by atoms with Crippen molar-refractivity contribution >= 4 is 26.7 Å². The van der Waals surface area contributed by atoms with Crippen molar-refractivity contribution in [3.8, 4) is 0 Å². The van der Waals surface area contributed by atoms with E-state index in [0.717, 1.165) is 18.4 Å². The highest BCUT2D eigenvalue weighted by Gasteiger charge is 2.44. The summed E-state index contributed by atoms with van der Waals surface area (Å²) >= 11 is 0. The van der Waals surface area contributed by atoms with Crippen molar-refractivity contribution in [3.63, 3.8) is 0 Å². The molecule has 2 aromatic heterocycles. The van der Waals surface area contributed by atoms with E-state index in [1.165, 1.54) is 11.9 Å². The number of aromatic nitrogens is 3. The number of aliphatic hydroxyl groups is 2. The number of hydrogen-bond donors (Lipinski definition) is 4. The molecule has 9 nitrogen and oxygen atoms in total. The predicted molar refractivity (Wildman–Crippen MR) is 133 cm³/mol. The second-order valence-electron chi connectivity index (χ2n) is 8.93. The van der Waals surface area contributed by atoms with Crippen molar-refractivity contribution in [2.24, 2.45) is 5.92 Å².